The third-order valence-electron chi connectivity index (χ3n) is 5.85. The number of thioether (sulfide) groups is 1. The SMILES string of the molecule is CC(C)Sc1ccc(-c2nc(C(=O)Nc3ccc(N4CCOCC4)cc3)c(-c3ccccc3)s2)cc1. The number of hydrogen-bond acceptors (Lipinski definition) is 6. The number of aromatic nitrogens is 1. The van der Waals surface area contributed by atoms with E-state index in [1.807, 2.05) is 66.4 Å². The molecule has 0 bridgehead atoms. The Morgan fingerprint density at radius 3 is 2.31 bits per heavy atom. The summed E-state index contributed by atoms with van der Waals surface area (Å²) in [6.07, 6.45) is 0. The van der Waals surface area contributed by atoms with E-state index in [2.05, 4.69) is 48.3 Å². The predicted octanol–water partition coefficient (Wildman–Crippen LogP) is 7.07. The van der Waals surface area contributed by atoms with Crippen molar-refractivity contribution in [2.45, 2.75) is 24.0 Å². The molecule has 7 heteroatoms. The smallest absolute Gasteiger partial charge is 0.275 e. The third-order valence-corrected chi connectivity index (χ3v) is 8.02. The van der Waals surface area contributed by atoms with Crippen LogP contribution in [0.25, 0.3) is 21.0 Å². The summed E-state index contributed by atoms with van der Waals surface area (Å²) < 4.78 is 5.44. The van der Waals surface area contributed by atoms with Crippen molar-refractivity contribution < 1.29 is 9.53 Å². The number of benzene rings is 3. The summed E-state index contributed by atoms with van der Waals surface area (Å²) in [5.41, 5.74) is 4.33. The van der Waals surface area contributed by atoms with E-state index in [9.17, 15) is 4.79 Å². The molecule has 0 atom stereocenters. The van der Waals surface area contributed by atoms with Crippen LogP contribution in [0.4, 0.5) is 11.4 Å². The van der Waals surface area contributed by atoms with Gasteiger partial charge in [0, 0.05) is 40.2 Å². The maximum Gasteiger partial charge on any atom is 0.275 e. The van der Waals surface area contributed by atoms with Gasteiger partial charge in [-0.2, -0.15) is 0 Å². The van der Waals surface area contributed by atoms with Gasteiger partial charge in [-0.15, -0.1) is 23.1 Å². The van der Waals surface area contributed by atoms with Gasteiger partial charge in [0.2, 0.25) is 0 Å². The topological polar surface area (TPSA) is 54.5 Å². The monoisotopic (exact) mass is 515 g/mol. The fourth-order valence-corrected chi connectivity index (χ4v) is 6.01. The summed E-state index contributed by atoms with van der Waals surface area (Å²) in [7, 11) is 0. The van der Waals surface area contributed by atoms with E-state index < -0.39 is 0 Å². The Labute approximate surface area is 220 Å². The first-order valence-electron chi connectivity index (χ1n) is 12.1. The minimum Gasteiger partial charge on any atom is -0.378 e. The van der Waals surface area contributed by atoms with Crippen LogP contribution in [-0.4, -0.2) is 42.4 Å². The van der Waals surface area contributed by atoms with Crippen LogP contribution in [0, 0.1) is 0 Å². The van der Waals surface area contributed by atoms with Crippen LogP contribution in [0.3, 0.4) is 0 Å². The van der Waals surface area contributed by atoms with Gasteiger partial charge in [0.05, 0.1) is 18.1 Å². The van der Waals surface area contributed by atoms with E-state index in [0.29, 0.717) is 10.9 Å². The molecule has 1 amide bonds. The maximum atomic E-state index is 13.4. The minimum atomic E-state index is -0.206. The molecule has 0 spiro atoms. The van der Waals surface area contributed by atoms with E-state index in [0.717, 1.165) is 58.7 Å². The maximum absolute atomic E-state index is 13.4. The van der Waals surface area contributed by atoms with Gasteiger partial charge in [-0.25, -0.2) is 4.98 Å². The van der Waals surface area contributed by atoms with Gasteiger partial charge in [-0.05, 0) is 42.0 Å². The van der Waals surface area contributed by atoms with Gasteiger partial charge in [0.1, 0.15) is 10.7 Å². The fourth-order valence-electron chi connectivity index (χ4n) is 4.10. The number of thiazole rings is 1. The van der Waals surface area contributed by atoms with E-state index in [4.69, 9.17) is 9.72 Å². The van der Waals surface area contributed by atoms with Crippen molar-refractivity contribution in [3.63, 3.8) is 0 Å². The molecule has 5 rings (SSSR count). The Morgan fingerprint density at radius 1 is 0.944 bits per heavy atom. The van der Waals surface area contributed by atoms with Gasteiger partial charge < -0.3 is 15.0 Å². The van der Waals surface area contributed by atoms with Gasteiger partial charge >= 0.3 is 0 Å². The molecule has 184 valence electrons. The average molecular weight is 516 g/mol. The van der Waals surface area contributed by atoms with Crippen molar-refractivity contribution in [2.75, 3.05) is 36.5 Å². The second-order valence-corrected chi connectivity index (χ2v) is 11.5. The zero-order chi connectivity index (χ0) is 24.9. The number of rotatable bonds is 7. The standard InChI is InChI=1S/C29H29N3O2S2/c1-20(2)35-25-14-8-22(9-15-25)29-31-26(27(36-29)21-6-4-3-5-7-21)28(33)30-23-10-12-24(13-11-23)32-16-18-34-19-17-32/h3-15,20H,16-19H2,1-2H3,(H,30,33). The molecular formula is C29H29N3O2S2. The first-order valence-corrected chi connectivity index (χ1v) is 13.8. The summed E-state index contributed by atoms with van der Waals surface area (Å²) >= 11 is 3.38. The molecule has 5 nitrogen and oxygen atoms in total. The van der Waals surface area contributed by atoms with Crippen LogP contribution in [0.1, 0.15) is 24.3 Å². The van der Waals surface area contributed by atoms with Crippen LogP contribution in [-0.2, 0) is 4.74 Å². The molecule has 0 unspecified atom stereocenters. The largest absolute Gasteiger partial charge is 0.378 e. The summed E-state index contributed by atoms with van der Waals surface area (Å²) in [5, 5.41) is 4.42. The molecule has 3 aromatic carbocycles. The van der Waals surface area contributed by atoms with Crippen molar-refractivity contribution in [1.82, 2.24) is 4.98 Å². The quantitative estimate of drug-likeness (QED) is 0.267. The number of morpholine rings is 1. The number of nitrogens with one attached hydrogen (secondary N) is 1. The highest BCUT2D eigenvalue weighted by Gasteiger charge is 2.21. The predicted molar refractivity (Wildman–Crippen MR) is 151 cm³/mol. The Kier molecular flexibility index (Phi) is 7.70. The number of hydrogen-bond donors (Lipinski definition) is 1. The lowest BCUT2D eigenvalue weighted by Gasteiger charge is -2.28. The van der Waals surface area contributed by atoms with E-state index in [1.165, 1.54) is 4.90 Å². The highest BCUT2D eigenvalue weighted by Crippen LogP contribution is 2.37. The highest BCUT2D eigenvalue weighted by molar-refractivity contribution is 7.99. The van der Waals surface area contributed by atoms with Crippen LogP contribution in [0.5, 0.6) is 0 Å². The number of carbonyl (C=O) groups excluding carboxylic acids is 1. The lowest BCUT2D eigenvalue weighted by molar-refractivity contribution is 0.102. The van der Waals surface area contributed by atoms with Crippen molar-refractivity contribution in [3.8, 4) is 21.0 Å². The third kappa shape index (κ3) is 5.81. The van der Waals surface area contributed by atoms with Crippen molar-refractivity contribution in [1.29, 1.82) is 0 Å². The van der Waals surface area contributed by atoms with Crippen molar-refractivity contribution in [3.05, 3.63) is 84.6 Å². The molecule has 0 saturated carbocycles. The average Bonchev–Trinajstić information content (AvgIpc) is 3.36. The number of nitrogens with zero attached hydrogens (tertiary/aromatic N) is 2. The number of amides is 1. The van der Waals surface area contributed by atoms with Crippen molar-refractivity contribution >= 4 is 40.4 Å². The molecule has 1 aliphatic rings. The molecule has 1 aliphatic heterocycles. The van der Waals surface area contributed by atoms with Crippen LogP contribution < -0.4 is 10.2 Å². The Balaban J connectivity index is 1.40. The van der Waals surface area contributed by atoms with Crippen LogP contribution >= 0.6 is 23.1 Å². The summed E-state index contributed by atoms with van der Waals surface area (Å²) in [6, 6.07) is 26.4. The molecule has 4 aromatic rings. The first-order chi connectivity index (χ1) is 17.6. The lowest BCUT2D eigenvalue weighted by atomic mass is 10.1. The Morgan fingerprint density at radius 2 is 1.64 bits per heavy atom. The van der Waals surface area contributed by atoms with Gasteiger partial charge in [0.25, 0.3) is 5.91 Å². The molecular weight excluding hydrogens is 486 g/mol. The summed E-state index contributed by atoms with van der Waals surface area (Å²) in [5.74, 6) is -0.206. The van der Waals surface area contributed by atoms with Gasteiger partial charge in [-0.1, -0.05) is 56.3 Å². The first kappa shape index (κ1) is 24.6. The molecule has 0 aliphatic carbocycles. The highest BCUT2D eigenvalue weighted by atomic mass is 32.2. The molecule has 0 radical (unpaired) electrons. The van der Waals surface area contributed by atoms with Gasteiger partial charge in [0.15, 0.2) is 0 Å². The number of anilines is 2. The molecule has 2 heterocycles. The van der Waals surface area contributed by atoms with Crippen molar-refractivity contribution in [2.24, 2.45) is 0 Å². The van der Waals surface area contributed by atoms with Gasteiger partial charge in [-0.3, -0.25) is 4.79 Å². The minimum absolute atomic E-state index is 0.206. The lowest BCUT2D eigenvalue weighted by Crippen LogP contribution is -2.36. The number of ether oxygens (including phenoxy) is 1. The summed E-state index contributed by atoms with van der Waals surface area (Å²) in [6.45, 7) is 7.62. The Hall–Kier alpha value is -3.13. The fraction of sp³-hybridized carbons (Fsp3) is 0.241. The number of carbonyl (C=O) groups is 1. The second-order valence-electron chi connectivity index (χ2n) is 8.85. The van der Waals surface area contributed by atoms with Crippen LogP contribution in [0.15, 0.2) is 83.8 Å². The normalized spacial score (nSPS) is 13.7. The van der Waals surface area contributed by atoms with Crippen LogP contribution in [0.2, 0.25) is 0 Å². The van der Waals surface area contributed by atoms with E-state index in [-0.39, 0.29) is 5.91 Å². The molecule has 1 fully saturated rings. The zero-order valence-electron chi connectivity index (χ0n) is 20.4. The molecule has 36 heavy (non-hydrogen) atoms. The molecule has 1 saturated heterocycles. The Bertz CT molecular complexity index is 1300. The van der Waals surface area contributed by atoms with E-state index in [1.54, 1.807) is 11.3 Å². The van der Waals surface area contributed by atoms with E-state index >= 15 is 0 Å². The molecule has 1 N–H and O–H groups in total. The summed E-state index contributed by atoms with van der Waals surface area (Å²) in [4.78, 5) is 22.6. The zero-order valence-corrected chi connectivity index (χ0v) is 22.1. The second kappa shape index (κ2) is 11.3. The molecule has 1 aromatic heterocycles.